The van der Waals surface area contributed by atoms with E-state index in [0.717, 1.165) is 30.7 Å². The highest BCUT2D eigenvalue weighted by Crippen LogP contribution is 2.24. The second-order valence-corrected chi connectivity index (χ2v) is 8.68. The van der Waals surface area contributed by atoms with Crippen LogP contribution in [0.25, 0.3) is 0 Å². The number of aromatic nitrogens is 1. The van der Waals surface area contributed by atoms with E-state index in [-0.39, 0.29) is 23.7 Å². The summed E-state index contributed by atoms with van der Waals surface area (Å²) in [4.78, 5) is 32.1. The van der Waals surface area contributed by atoms with Crippen LogP contribution < -0.4 is 5.32 Å². The van der Waals surface area contributed by atoms with Gasteiger partial charge in [0.2, 0.25) is 11.8 Å². The van der Waals surface area contributed by atoms with Crippen molar-refractivity contribution in [1.82, 2.24) is 9.88 Å². The molecule has 1 aromatic carbocycles. The topological polar surface area (TPSA) is 62.3 Å². The minimum absolute atomic E-state index is 0.0324. The van der Waals surface area contributed by atoms with Crippen molar-refractivity contribution >= 4 is 28.3 Å². The molecule has 5 nitrogen and oxygen atoms in total. The molecular weight excluding hydrogens is 358 g/mol. The molecule has 1 N–H and O–H groups in total. The summed E-state index contributed by atoms with van der Waals surface area (Å²) in [6, 6.07) is 8.41. The molecule has 3 rings (SSSR count). The lowest BCUT2D eigenvalue weighted by Crippen LogP contribution is -2.45. The quantitative estimate of drug-likeness (QED) is 0.850. The second-order valence-electron chi connectivity index (χ2n) is 7.56. The van der Waals surface area contributed by atoms with E-state index in [0.29, 0.717) is 11.7 Å². The fraction of sp³-hybridized carbons (Fsp3) is 0.476. The molecular formula is C21H27N3O2S. The van der Waals surface area contributed by atoms with Gasteiger partial charge in [0.15, 0.2) is 5.13 Å². The molecule has 2 amide bonds. The molecule has 27 heavy (non-hydrogen) atoms. The van der Waals surface area contributed by atoms with Crippen molar-refractivity contribution in [2.45, 2.75) is 40.0 Å². The average molecular weight is 386 g/mol. The van der Waals surface area contributed by atoms with E-state index in [1.54, 1.807) is 0 Å². The van der Waals surface area contributed by atoms with Crippen molar-refractivity contribution in [3.63, 3.8) is 0 Å². The maximum atomic E-state index is 12.6. The van der Waals surface area contributed by atoms with Crippen LogP contribution >= 0.6 is 11.3 Å². The lowest BCUT2D eigenvalue weighted by Gasteiger charge is -2.33. The lowest BCUT2D eigenvalue weighted by atomic mass is 9.96. The first-order chi connectivity index (χ1) is 12.9. The van der Waals surface area contributed by atoms with Gasteiger partial charge in [-0.3, -0.25) is 9.59 Å². The van der Waals surface area contributed by atoms with Gasteiger partial charge in [0.1, 0.15) is 0 Å². The largest absolute Gasteiger partial charge is 0.342 e. The third-order valence-corrected chi connectivity index (χ3v) is 5.76. The SMILES string of the molecule is Cc1cccc(Cc2cnc(NC(=O)C3CCCN(C(=O)C(C)C)C3)s2)c1. The molecule has 1 aliphatic heterocycles. The summed E-state index contributed by atoms with van der Waals surface area (Å²) < 4.78 is 0. The number of thiazole rings is 1. The first kappa shape index (κ1) is 19.5. The zero-order valence-corrected chi connectivity index (χ0v) is 17.0. The predicted molar refractivity (Wildman–Crippen MR) is 109 cm³/mol. The summed E-state index contributed by atoms with van der Waals surface area (Å²) >= 11 is 1.51. The third-order valence-electron chi connectivity index (χ3n) is 4.84. The molecule has 0 bridgehead atoms. The van der Waals surface area contributed by atoms with Gasteiger partial charge in [0.25, 0.3) is 0 Å². The highest BCUT2D eigenvalue weighted by Gasteiger charge is 2.29. The molecule has 144 valence electrons. The van der Waals surface area contributed by atoms with Crippen molar-refractivity contribution in [2.75, 3.05) is 18.4 Å². The van der Waals surface area contributed by atoms with Crippen LogP contribution in [0.1, 0.15) is 42.7 Å². The Balaban J connectivity index is 1.58. The van der Waals surface area contributed by atoms with Crippen LogP contribution in [0.15, 0.2) is 30.5 Å². The summed E-state index contributed by atoms with van der Waals surface area (Å²) in [5, 5.41) is 3.58. The maximum absolute atomic E-state index is 12.6. The highest BCUT2D eigenvalue weighted by molar-refractivity contribution is 7.15. The van der Waals surface area contributed by atoms with Crippen LogP contribution in [0.5, 0.6) is 0 Å². The standard InChI is InChI=1S/C21H27N3O2S/c1-14(2)20(26)24-9-5-8-17(13-24)19(25)23-21-22-12-18(27-21)11-16-7-4-6-15(3)10-16/h4,6-7,10,12,14,17H,5,8-9,11,13H2,1-3H3,(H,22,23,25). The molecule has 0 aliphatic carbocycles. The number of aryl methyl sites for hydroxylation is 1. The van der Waals surface area contributed by atoms with Gasteiger partial charge in [-0.1, -0.05) is 43.7 Å². The van der Waals surface area contributed by atoms with Crippen LogP contribution in [-0.2, 0) is 16.0 Å². The number of carbonyl (C=O) groups excluding carboxylic acids is 2. The Morgan fingerprint density at radius 1 is 1.37 bits per heavy atom. The third kappa shape index (κ3) is 5.16. The zero-order valence-electron chi connectivity index (χ0n) is 16.2. The van der Waals surface area contributed by atoms with Crippen molar-refractivity contribution in [2.24, 2.45) is 11.8 Å². The van der Waals surface area contributed by atoms with Crippen molar-refractivity contribution in [3.8, 4) is 0 Å². The highest BCUT2D eigenvalue weighted by atomic mass is 32.1. The number of hydrogen-bond donors (Lipinski definition) is 1. The lowest BCUT2D eigenvalue weighted by molar-refractivity contribution is -0.137. The van der Waals surface area contributed by atoms with Crippen LogP contribution in [0.3, 0.4) is 0 Å². The minimum atomic E-state index is -0.162. The van der Waals surface area contributed by atoms with E-state index >= 15 is 0 Å². The molecule has 1 aliphatic rings. The predicted octanol–water partition coefficient (Wildman–Crippen LogP) is 3.88. The van der Waals surface area contributed by atoms with E-state index in [1.807, 2.05) is 24.9 Å². The number of nitrogens with one attached hydrogen (secondary N) is 1. The Morgan fingerprint density at radius 2 is 2.19 bits per heavy atom. The van der Waals surface area contributed by atoms with Crippen LogP contribution in [-0.4, -0.2) is 34.8 Å². The summed E-state index contributed by atoms with van der Waals surface area (Å²) in [7, 11) is 0. The molecule has 0 saturated carbocycles. The number of hydrogen-bond acceptors (Lipinski definition) is 4. The Hall–Kier alpha value is -2.21. The molecule has 1 saturated heterocycles. The normalized spacial score (nSPS) is 17.2. The molecule has 1 fully saturated rings. The molecule has 2 heterocycles. The van der Waals surface area contributed by atoms with Crippen LogP contribution in [0.4, 0.5) is 5.13 Å². The summed E-state index contributed by atoms with van der Waals surface area (Å²) in [6.45, 7) is 7.14. The monoisotopic (exact) mass is 385 g/mol. The van der Waals surface area contributed by atoms with Crippen molar-refractivity contribution in [3.05, 3.63) is 46.5 Å². The number of piperidine rings is 1. The Labute approximate surface area is 164 Å². The fourth-order valence-corrected chi connectivity index (χ4v) is 4.28. The molecule has 1 aromatic heterocycles. The number of nitrogens with zero attached hydrogens (tertiary/aromatic N) is 2. The number of anilines is 1. The molecule has 2 aromatic rings. The zero-order chi connectivity index (χ0) is 19.4. The van der Waals surface area contributed by atoms with Gasteiger partial charge in [0, 0.05) is 36.5 Å². The number of amides is 2. The summed E-state index contributed by atoms with van der Waals surface area (Å²) in [5.74, 6) is -0.101. The van der Waals surface area contributed by atoms with Gasteiger partial charge in [-0.25, -0.2) is 4.98 Å². The second kappa shape index (κ2) is 8.65. The van der Waals surface area contributed by atoms with Crippen molar-refractivity contribution in [1.29, 1.82) is 0 Å². The van der Waals surface area contributed by atoms with E-state index in [4.69, 9.17) is 0 Å². The summed E-state index contributed by atoms with van der Waals surface area (Å²) in [6.07, 6.45) is 4.33. The molecule has 0 radical (unpaired) electrons. The Morgan fingerprint density at radius 3 is 2.93 bits per heavy atom. The Bertz CT molecular complexity index is 815. The first-order valence-corrected chi connectivity index (χ1v) is 10.3. The van der Waals surface area contributed by atoms with E-state index in [2.05, 4.69) is 41.5 Å². The van der Waals surface area contributed by atoms with E-state index in [1.165, 1.54) is 22.5 Å². The van der Waals surface area contributed by atoms with E-state index < -0.39 is 0 Å². The van der Waals surface area contributed by atoms with Gasteiger partial charge in [-0.2, -0.15) is 0 Å². The Kier molecular flexibility index (Phi) is 6.26. The van der Waals surface area contributed by atoms with Gasteiger partial charge in [-0.05, 0) is 25.3 Å². The smallest absolute Gasteiger partial charge is 0.231 e. The van der Waals surface area contributed by atoms with Gasteiger partial charge in [0.05, 0.1) is 5.92 Å². The molecule has 0 spiro atoms. The first-order valence-electron chi connectivity index (χ1n) is 9.52. The van der Waals surface area contributed by atoms with Crippen LogP contribution in [0.2, 0.25) is 0 Å². The van der Waals surface area contributed by atoms with E-state index in [9.17, 15) is 9.59 Å². The van der Waals surface area contributed by atoms with Gasteiger partial charge < -0.3 is 10.2 Å². The molecule has 1 unspecified atom stereocenters. The number of benzene rings is 1. The number of carbonyl (C=O) groups is 2. The number of likely N-dealkylation sites (tertiary alicyclic amines) is 1. The number of rotatable bonds is 5. The van der Waals surface area contributed by atoms with Crippen LogP contribution in [0, 0.1) is 18.8 Å². The minimum Gasteiger partial charge on any atom is -0.342 e. The molecule has 6 heteroatoms. The summed E-state index contributed by atoms with van der Waals surface area (Å²) in [5.41, 5.74) is 2.48. The maximum Gasteiger partial charge on any atom is 0.231 e. The van der Waals surface area contributed by atoms with Gasteiger partial charge >= 0.3 is 0 Å². The van der Waals surface area contributed by atoms with Gasteiger partial charge in [-0.15, -0.1) is 11.3 Å². The average Bonchev–Trinajstić information content (AvgIpc) is 3.07. The van der Waals surface area contributed by atoms with Crippen molar-refractivity contribution < 1.29 is 9.59 Å². The molecule has 1 atom stereocenters. The fourth-order valence-electron chi connectivity index (χ4n) is 3.43.